The first-order valence-corrected chi connectivity index (χ1v) is 6.20. The van der Waals surface area contributed by atoms with Crippen molar-refractivity contribution in [3.05, 3.63) is 22.4 Å². The first-order chi connectivity index (χ1) is 6.36. The van der Waals surface area contributed by atoms with E-state index in [4.69, 9.17) is 5.84 Å². The Hall–Kier alpha value is -0.660. The van der Waals surface area contributed by atoms with Crippen molar-refractivity contribution in [2.45, 2.75) is 4.90 Å². The van der Waals surface area contributed by atoms with Crippen LogP contribution < -0.4 is 11.3 Å². The summed E-state index contributed by atoms with van der Waals surface area (Å²) in [5.41, 5.74) is 2.15. The van der Waals surface area contributed by atoms with E-state index in [1.54, 1.807) is 0 Å². The van der Waals surface area contributed by atoms with Gasteiger partial charge in [0.25, 0.3) is 0 Å². The third-order valence-corrected chi connectivity index (χ3v) is 3.63. The molecule has 1 aromatic carbocycles. The second-order valence-electron chi connectivity index (χ2n) is 2.68. The van der Waals surface area contributed by atoms with Crippen molar-refractivity contribution in [2.75, 3.05) is 11.7 Å². The van der Waals surface area contributed by atoms with Crippen molar-refractivity contribution in [3.8, 4) is 0 Å². The predicted octanol–water partition coefficient (Wildman–Crippen LogP) is 1.28. The average molecular weight is 283 g/mol. The maximum absolute atomic E-state index is 13.1. The van der Waals surface area contributed by atoms with Crippen LogP contribution in [-0.4, -0.2) is 14.7 Å². The summed E-state index contributed by atoms with van der Waals surface area (Å²) in [7, 11) is -3.44. The van der Waals surface area contributed by atoms with Crippen molar-refractivity contribution in [2.24, 2.45) is 5.84 Å². The third-order valence-electron chi connectivity index (χ3n) is 1.58. The molecule has 0 saturated carbocycles. The highest BCUT2D eigenvalue weighted by Crippen LogP contribution is 2.27. The Balaban J connectivity index is 3.44. The fourth-order valence-corrected chi connectivity index (χ4v) is 2.88. The van der Waals surface area contributed by atoms with Gasteiger partial charge in [0, 0.05) is 10.7 Å². The molecule has 1 rings (SSSR count). The predicted molar refractivity (Wildman–Crippen MR) is 55.0 cm³/mol. The number of sulfone groups is 1. The molecule has 14 heavy (non-hydrogen) atoms. The molecule has 0 spiro atoms. The van der Waals surface area contributed by atoms with Gasteiger partial charge in [-0.25, -0.2) is 12.8 Å². The van der Waals surface area contributed by atoms with Crippen LogP contribution in [-0.2, 0) is 9.84 Å². The highest BCUT2D eigenvalue weighted by atomic mass is 79.9. The Morgan fingerprint density at radius 3 is 2.50 bits per heavy atom. The standard InChI is InChI=1S/C7H8BrFN2O2S/c1-14(12,13)7-3-5(9)6(11-10)2-4(7)8/h2-3,11H,10H2,1H3. The molecule has 0 bridgehead atoms. The number of hydrogen-bond donors (Lipinski definition) is 2. The number of hydrazine groups is 1. The largest absolute Gasteiger partial charge is 0.321 e. The summed E-state index contributed by atoms with van der Waals surface area (Å²) in [4.78, 5) is -0.103. The molecule has 1 aromatic rings. The number of anilines is 1. The lowest BCUT2D eigenvalue weighted by atomic mass is 10.3. The Morgan fingerprint density at radius 2 is 2.07 bits per heavy atom. The van der Waals surface area contributed by atoms with Crippen LogP contribution in [0.15, 0.2) is 21.5 Å². The van der Waals surface area contributed by atoms with Gasteiger partial charge >= 0.3 is 0 Å². The highest BCUT2D eigenvalue weighted by molar-refractivity contribution is 9.10. The summed E-state index contributed by atoms with van der Waals surface area (Å²) in [6, 6.07) is 2.18. The van der Waals surface area contributed by atoms with Crippen molar-refractivity contribution in [3.63, 3.8) is 0 Å². The number of nitrogen functional groups attached to an aromatic ring is 1. The molecular formula is C7H8BrFN2O2S. The van der Waals surface area contributed by atoms with Crippen LogP contribution in [0.25, 0.3) is 0 Å². The van der Waals surface area contributed by atoms with Crippen molar-refractivity contribution >= 4 is 31.5 Å². The molecule has 0 unspecified atom stereocenters. The van der Waals surface area contributed by atoms with E-state index >= 15 is 0 Å². The van der Waals surface area contributed by atoms with E-state index in [-0.39, 0.29) is 15.1 Å². The van der Waals surface area contributed by atoms with Gasteiger partial charge < -0.3 is 5.43 Å². The topological polar surface area (TPSA) is 72.2 Å². The maximum Gasteiger partial charge on any atom is 0.176 e. The number of halogens is 2. The summed E-state index contributed by atoms with van der Waals surface area (Å²) < 4.78 is 35.7. The van der Waals surface area contributed by atoms with E-state index in [2.05, 4.69) is 21.4 Å². The lowest BCUT2D eigenvalue weighted by Crippen LogP contribution is -2.10. The molecule has 0 heterocycles. The lowest BCUT2D eigenvalue weighted by molar-refractivity contribution is 0.595. The molecular weight excluding hydrogens is 275 g/mol. The van der Waals surface area contributed by atoms with Crippen molar-refractivity contribution in [1.82, 2.24) is 0 Å². The smallest absolute Gasteiger partial charge is 0.176 e. The summed E-state index contributed by atoms with van der Waals surface area (Å²) >= 11 is 3.02. The van der Waals surface area contributed by atoms with Gasteiger partial charge in [-0.15, -0.1) is 0 Å². The van der Waals surface area contributed by atoms with Crippen molar-refractivity contribution < 1.29 is 12.8 Å². The zero-order chi connectivity index (χ0) is 10.9. The van der Waals surface area contributed by atoms with Crippen LogP contribution in [0.1, 0.15) is 0 Å². The minimum Gasteiger partial charge on any atom is -0.321 e. The zero-order valence-electron chi connectivity index (χ0n) is 7.21. The van der Waals surface area contributed by atoms with Crippen LogP contribution in [0, 0.1) is 5.82 Å². The molecule has 0 aliphatic carbocycles. The minimum absolute atomic E-state index is 0.0317. The quantitative estimate of drug-likeness (QED) is 0.633. The third kappa shape index (κ3) is 2.23. The number of nitrogens with two attached hydrogens (primary N) is 1. The molecule has 0 aromatic heterocycles. The van der Waals surface area contributed by atoms with Gasteiger partial charge in [-0.3, -0.25) is 5.84 Å². The van der Waals surface area contributed by atoms with Crippen LogP contribution >= 0.6 is 15.9 Å². The number of benzene rings is 1. The lowest BCUT2D eigenvalue weighted by Gasteiger charge is -2.06. The van der Waals surface area contributed by atoms with Crippen LogP contribution in [0.3, 0.4) is 0 Å². The molecule has 4 nitrogen and oxygen atoms in total. The molecule has 0 fully saturated rings. The number of nitrogens with one attached hydrogen (secondary N) is 1. The van der Waals surface area contributed by atoms with Gasteiger partial charge in [0.15, 0.2) is 9.84 Å². The zero-order valence-corrected chi connectivity index (χ0v) is 9.62. The average Bonchev–Trinajstić information content (AvgIpc) is 2.06. The maximum atomic E-state index is 13.1. The molecule has 0 aliphatic rings. The van der Waals surface area contributed by atoms with E-state index in [9.17, 15) is 12.8 Å². The minimum atomic E-state index is -3.44. The SMILES string of the molecule is CS(=O)(=O)c1cc(F)c(NN)cc1Br. The molecule has 0 saturated heterocycles. The first kappa shape index (κ1) is 11.4. The normalized spacial score (nSPS) is 11.4. The van der Waals surface area contributed by atoms with E-state index in [0.717, 1.165) is 12.3 Å². The summed E-state index contributed by atoms with van der Waals surface area (Å²) in [6.07, 6.45) is 1.00. The van der Waals surface area contributed by atoms with Crippen LogP contribution in [0.4, 0.5) is 10.1 Å². The molecule has 7 heteroatoms. The molecule has 0 atom stereocenters. The molecule has 3 N–H and O–H groups in total. The van der Waals surface area contributed by atoms with E-state index in [1.165, 1.54) is 6.07 Å². The van der Waals surface area contributed by atoms with Gasteiger partial charge in [-0.2, -0.15) is 0 Å². The van der Waals surface area contributed by atoms with Crippen LogP contribution in [0.2, 0.25) is 0 Å². The number of rotatable bonds is 2. The molecule has 0 radical (unpaired) electrons. The molecule has 78 valence electrons. The Morgan fingerprint density at radius 1 is 1.50 bits per heavy atom. The fourth-order valence-electron chi connectivity index (χ4n) is 0.923. The van der Waals surface area contributed by atoms with Gasteiger partial charge in [0.05, 0.1) is 10.6 Å². The highest BCUT2D eigenvalue weighted by Gasteiger charge is 2.15. The Kier molecular flexibility index (Phi) is 3.13. The van der Waals surface area contributed by atoms with Crippen molar-refractivity contribution in [1.29, 1.82) is 0 Å². The summed E-state index contributed by atoms with van der Waals surface area (Å²) in [5.74, 6) is 4.31. The summed E-state index contributed by atoms with van der Waals surface area (Å²) in [6.45, 7) is 0. The fraction of sp³-hybridized carbons (Fsp3) is 0.143. The molecule has 0 amide bonds. The first-order valence-electron chi connectivity index (χ1n) is 3.52. The second kappa shape index (κ2) is 3.84. The molecule has 0 aliphatic heterocycles. The Bertz CT molecular complexity index is 461. The van der Waals surface area contributed by atoms with E-state index < -0.39 is 15.7 Å². The second-order valence-corrected chi connectivity index (χ2v) is 5.52. The monoisotopic (exact) mass is 282 g/mol. The van der Waals surface area contributed by atoms with Crippen LogP contribution in [0.5, 0.6) is 0 Å². The van der Waals surface area contributed by atoms with Gasteiger partial charge in [0.2, 0.25) is 0 Å². The summed E-state index contributed by atoms with van der Waals surface area (Å²) in [5, 5.41) is 0. The van der Waals surface area contributed by atoms with E-state index in [1.807, 2.05) is 0 Å². The Labute approximate surface area is 89.3 Å². The van der Waals surface area contributed by atoms with Gasteiger partial charge in [-0.05, 0) is 28.1 Å². The number of hydrogen-bond acceptors (Lipinski definition) is 4. The van der Waals surface area contributed by atoms with E-state index in [0.29, 0.717) is 0 Å². The van der Waals surface area contributed by atoms with Gasteiger partial charge in [-0.1, -0.05) is 0 Å². The van der Waals surface area contributed by atoms with Gasteiger partial charge in [0.1, 0.15) is 5.82 Å².